The lowest BCUT2D eigenvalue weighted by molar-refractivity contribution is 0.0640. The third-order valence-corrected chi connectivity index (χ3v) is 4.50. The Kier molecular flexibility index (Phi) is 4.91. The smallest absolute Gasteiger partial charge is 0.246 e. The Morgan fingerprint density at radius 3 is 2.63 bits per heavy atom. The summed E-state index contributed by atoms with van der Waals surface area (Å²) < 4.78 is 26.4. The van der Waals surface area contributed by atoms with Crippen molar-refractivity contribution >= 4 is 31.8 Å². The molecule has 0 fully saturated rings. The summed E-state index contributed by atoms with van der Waals surface area (Å²) in [4.78, 5) is 3.83. The van der Waals surface area contributed by atoms with Crippen molar-refractivity contribution in [3.05, 3.63) is 16.7 Å². The number of nitrogens with one attached hydrogen (secondary N) is 1. The molecule has 7 nitrogen and oxygen atoms in total. The van der Waals surface area contributed by atoms with Crippen LogP contribution in [0.5, 0.6) is 0 Å². The zero-order valence-electron chi connectivity index (χ0n) is 10.9. The van der Waals surface area contributed by atoms with Gasteiger partial charge in [-0.3, -0.25) is 0 Å². The molecular formula is C10H17BrN4O3S. The van der Waals surface area contributed by atoms with Crippen molar-refractivity contribution in [2.75, 3.05) is 19.0 Å². The van der Waals surface area contributed by atoms with Gasteiger partial charge in [0.05, 0.1) is 5.60 Å². The molecule has 0 aliphatic heterocycles. The Morgan fingerprint density at radius 2 is 2.16 bits per heavy atom. The summed E-state index contributed by atoms with van der Waals surface area (Å²) in [5.41, 5.74) is 1.11. The minimum Gasteiger partial charge on any atom is -0.389 e. The number of hydrogen-bond acceptors (Lipinski definition) is 6. The molecule has 1 heterocycles. The molecule has 0 atom stereocenters. The van der Waals surface area contributed by atoms with Crippen molar-refractivity contribution in [2.24, 2.45) is 5.84 Å². The molecule has 0 bridgehead atoms. The lowest BCUT2D eigenvalue weighted by atomic mass is 10.1. The molecule has 108 valence electrons. The lowest BCUT2D eigenvalue weighted by Crippen LogP contribution is -2.40. The molecule has 0 amide bonds. The van der Waals surface area contributed by atoms with Crippen LogP contribution in [0, 0.1) is 0 Å². The quantitative estimate of drug-likeness (QED) is 0.526. The fourth-order valence-electron chi connectivity index (χ4n) is 1.52. The summed E-state index contributed by atoms with van der Waals surface area (Å²) in [7, 11) is -2.42. The van der Waals surface area contributed by atoms with Crippen LogP contribution in [0.1, 0.15) is 13.8 Å². The van der Waals surface area contributed by atoms with Crippen molar-refractivity contribution in [1.82, 2.24) is 9.29 Å². The number of nitrogens with zero attached hydrogens (tertiary/aromatic N) is 2. The number of rotatable bonds is 5. The molecule has 0 saturated heterocycles. The highest BCUT2D eigenvalue weighted by Gasteiger charge is 2.29. The van der Waals surface area contributed by atoms with E-state index in [0.29, 0.717) is 4.47 Å². The summed E-state index contributed by atoms with van der Waals surface area (Å²) in [5, 5.41) is 9.71. The van der Waals surface area contributed by atoms with E-state index in [2.05, 4.69) is 26.3 Å². The predicted molar refractivity (Wildman–Crippen MR) is 75.9 cm³/mol. The van der Waals surface area contributed by atoms with E-state index in [9.17, 15) is 13.5 Å². The fourth-order valence-corrected chi connectivity index (χ4v) is 3.46. The second kappa shape index (κ2) is 5.71. The fraction of sp³-hybridized carbons (Fsp3) is 0.500. The van der Waals surface area contributed by atoms with Gasteiger partial charge in [0.15, 0.2) is 5.82 Å². The normalized spacial score (nSPS) is 12.8. The first-order chi connectivity index (χ1) is 8.58. The molecule has 0 aliphatic carbocycles. The maximum Gasteiger partial charge on any atom is 0.246 e. The van der Waals surface area contributed by atoms with Crippen LogP contribution in [-0.2, 0) is 10.0 Å². The molecule has 19 heavy (non-hydrogen) atoms. The van der Waals surface area contributed by atoms with Gasteiger partial charge in [-0.15, -0.1) is 0 Å². The van der Waals surface area contributed by atoms with E-state index < -0.39 is 15.6 Å². The summed E-state index contributed by atoms with van der Waals surface area (Å²) in [6.07, 6.45) is 1.43. The molecule has 0 aromatic carbocycles. The largest absolute Gasteiger partial charge is 0.389 e. The molecule has 1 aromatic rings. The second-order valence-electron chi connectivity index (χ2n) is 4.72. The molecular weight excluding hydrogens is 336 g/mol. The maximum absolute atomic E-state index is 12.4. The summed E-state index contributed by atoms with van der Waals surface area (Å²) in [5.74, 6) is 5.31. The summed E-state index contributed by atoms with van der Waals surface area (Å²) in [6.45, 7) is 3.01. The summed E-state index contributed by atoms with van der Waals surface area (Å²) >= 11 is 3.17. The Labute approximate surface area is 121 Å². The number of hydrogen-bond donors (Lipinski definition) is 3. The molecule has 0 aliphatic rings. The average Bonchev–Trinajstić information content (AvgIpc) is 2.26. The highest BCUT2D eigenvalue weighted by molar-refractivity contribution is 9.10. The van der Waals surface area contributed by atoms with Crippen molar-refractivity contribution in [2.45, 2.75) is 24.3 Å². The number of anilines is 1. The van der Waals surface area contributed by atoms with Gasteiger partial charge in [-0.05, 0) is 35.8 Å². The molecule has 0 radical (unpaired) electrons. The lowest BCUT2D eigenvalue weighted by Gasteiger charge is -2.25. The van der Waals surface area contributed by atoms with E-state index in [1.54, 1.807) is 0 Å². The van der Waals surface area contributed by atoms with E-state index in [4.69, 9.17) is 5.84 Å². The van der Waals surface area contributed by atoms with Crippen LogP contribution >= 0.6 is 15.9 Å². The molecule has 1 rings (SSSR count). The van der Waals surface area contributed by atoms with Crippen LogP contribution in [0.15, 0.2) is 21.6 Å². The van der Waals surface area contributed by atoms with E-state index in [0.717, 1.165) is 4.31 Å². The number of nitrogens with two attached hydrogens (primary N) is 1. The molecule has 4 N–H and O–H groups in total. The first-order valence-corrected chi connectivity index (χ1v) is 7.62. The van der Waals surface area contributed by atoms with Gasteiger partial charge in [0.2, 0.25) is 10.0 Å². The van der Waals surface area contributed by atoms with Gasteiger partial charge in [-0.2, -0.15) is 4.31 Å². The standard InChI is InChI=1S/C10H17BrN4O3S/c1-10(2,16)6-15(3)19(17,18)8-4-7(11)5-13-9(8)14-12/h4-5,16H,6,12H2,1-3H3,(H,13,14). The van der Waals surface area contributed by atoms with Crippen LogP contribution < -0.4 is 11.3 Å². The van der Waals surface area contributed by atoms with Gasteiger partial charge in [-0.25, -0.2) is 19.2 Å². The van der Waals surface area contributed by atoms with Crippen LogP contribution in [0.4, 0.5) is 5.82 Å². The number of hydrazine groups is 1. The molecule has 0 saturated carbocycles. The predicted octanol–water partition coefficient (Wildman–Crippen LogP) is 0.521. The minimum absolute atomic E-state index is 0.0470. The third kappa shape index (κ3) is 4.11. The van der Waals surface area contributed by atoms with Crippen LogP contribution in [-0.4, -0.2) is 42.0 Å². The Balaban J connectivity index is 3.23. The SMILES string of the molecule is CN(CC(C)(C)O)S(=O)(=O)c1cc(Br)cnc1NN. The summed E-state index contributed by atoms with van der Waals surface area (Å²) in [6, 6.07) is 1.40. The van der Waals surface area contributed by atoms with Crippen LogP contribution in [0.25, 0.3) is 0 Å². The zero-order valence-corrected chi connectivity index (χ0v) is 13.3. The van der Waals surface area contributed by atoms with Crippen molar-refractivity contribution in [3.63, 3.8) is 0 Å². The van der Waals surface area contributed by atoms with E-state index in [1.807, 2.05) is 0 Å². The number of aromatic nitrogens is 1. The van der Waals surface area contributed by atoms with Gasteiger partial charge in [0, 0.05) is 24.3 Å². The zero-order chi connectivity index (χ0) is 14.8. The first-order valence-electron chi connectivity index (χ1n) is 5.39. The highest BCUT2D eigenvalue weighted by Crippen LogP contribution is 2.25. The highest BCUT2D eigenvalue weighted by atomic mass is 79.9. The number of halogens is 1. The van der Waals surface area contributed by atoms with Crippen molar-refractivity contribution in [1.29, 1.82) is 0 Å². The minimum atomic E-state index is -3.80. The number of pyridine rings is 1. The van der Waals surface area contributed by atoms with E-state index in [1.165, 1.54) is 33.2 Å². The van der Waals surface area contributed by atoms with Crippen LogP contribution in [0.3, 0.4) is 0 Å². The number of sulfonamides is 1. The van der Waals surface area contributed by atoms with Gasteiger partial charge < -0.3 is 10.5 Å². The Morgan fingerprint density at radius 1 is 1.58 bits per heavy atom. The first kappa shape index (κ1) is 16.3. The van der Waals surface area contributed by atoms with Crippen molar-refractivity contribution < 1.29 is 13.5 Å². The second-order valence-corrected chi connectivity index (χ2v) is 7.65. The maximum atomic E-state index is 12.4. The molecule has 1 aromatic heterocycles. The topological polar surface area (TPSA) is 109 Å². The van der Waals surface area contributed by atoms with Crippen molar-refractivity contribution in [3.8, 4) is 0 Å². The van der Waals surface area contributed by atoms with Gasteiger partial charge in [0.1, 0.15) is 4.90 Å². The van der Waals surface area contributed by atoms with Gasteiger partial charge in [0.25, 0.3) is 0 Å². The number of nitrogen functional groups attached to an aromatic ring is 1. The number of aliphatic hydroxyl groups is 1. The van der Waals surface area contributed by atoms with E-state index >= 15 is 0 Å². The third-order valence-electron chi connectivity index (χ3n) is 2.25. The Bertz CT molecular complexity index is 556. The van der Waals surface area contributed by atoms with Gasteiger partial charge in [-0.1, -0.05) is 0 Å². The monoisotopic (exact) mass is 352 g/mol. The van der Waals surface area contributed by atoms with E-state index in [-0.39, 0.29) is 17.3 Å². The Hall–Kier alpha value is -0.740. The number of likely N-dealkylation sites (N-methyl/N-ethyl adjacent to an activating group) is 1. The van der Waals surface area contributed by atoms with Gasteiger partial charge >= 0.3 is 0 Å². The molecule has 9 heteroatoms. The molecule has 0 spiro atoms. The average molecular weight is 353 g/mol. The van der Waals surface area contributed by atoms with Crippen LogP contribution in [0.2, 0.25) is 0 Å². The molecule has 0 unspecified atom stereocenters.